The van der Waals surface area contributed by atoms with E-state index >= 15 is 0 Å². The van der Waals surface area contributed by atoms with Crippen LogP contribution in [0.4, 0.5) is 0 Å². The van der Waals surface area contributed by atoms with Crippen molar-refractivity contribution >= 4 is 22.6 Å². The molecule has 3 aromatic rings. The van der Waals surface area contributed by atoms with Crippen molar-refractivity contribution < 1.29 is 17.0 Å². The van der Waals surface area contributed by atoms with Crippen LogP contribution >= 0.6 is 11.6 Å². The zero-order valence-corrected chi connectivity index (χ0v) is 14.2. The molecule has 0 saturated heterocycles. The predicted molar refractivity (Wildman–Crippen MR) is 87.6 cm³/mol. The molecule has 0 aliphatic rings. The first kappa shape index (κ1) is 16.9. The lowest BCUT2D eigenvalue weighted by Gasteiger charge is -1.99. The van der Waals surface area contributed by atoms with Crippen molar-refractivity contribution in [3.05, 3.63) is 65.4 Å². The molecule has 2 aromatic carbocycles. The van der Waals surface area contributed by atoms with Crippen molar-refractivity contribution in [2.75, 3.05) is 0 Å². The first-order valence-electron chi connectivity index (χ1n) is 7.49. The van der Waals surface area contributed by atoms with Crippen molar-refractivity contribution in [2.45, 2.75) is 32.9 Å². The Hall–Kier alpha value is -1.51. The lowest BCUT2D eigenvalue weighted by Crippen LogP contribution is -3.00. The molecular formula is C18H20Cl2N2. The van der Waals surface area contributed by atoms with E-state index in [0.29, 0.717) is 0 Å². The summed E-state index contributed by atoms with van der Waals surface area (Å²) in [6.07, 6.45) is 4.65. The van der Waals surface area contributed by atoms with Crippen LogP contribution in [0.3, 0.4) is 0 Å². The van der Waals surface area contributed by atoms with E-state index < -0.39 is 0 Å². The fourth-order valence-corrected chi connectivity index (χ4v) is 2.79. The second kappa shape index (κ2) is 7.66. The number of fused-ring (bicyclic) bond motifs is 1. The maximum Gasteiger partial charge on any atom is 0.245 e. The van der Waals surface area contributed by atoms with E-state index in [0.717, 1.165) is 18.1 Å². The largest absolute Gasteiger partial charge is 1.00 e. The molecule has 0 amide bonds. The van der Waals surface area contributed by atoms with Crippen molar-refractivity contribution in [1.82, 2.24) is 4.57 Å². The first-order chi connectivity index (χ1) is 10.3. The Balaban J connectivity index is 0.00000176. The number of para-hydroxylation sites is 2. The van der Waals surface area contributed by atoms with Crippen molar-refractivity contribution in [2.24, 2.45) is 0 Å². The molecule has 0 spiro atoms. The van der Waals surface area contributed by atoms with Gasteiger partial charge in [0.25, 0.3) is 0 Å². The van der Waals surface area contributed by atoms with Crippen LogP contribution in [0.2, 0.25) is 5.02 Å². The number of nitrogens with zero attached hydrogens (tertiary/aromatic N) is 2. The molecule has 0 atom stereocenters. The average Bonchev–Trinajstić information content (AvgIpc) is 2.86. The highest BCUT2D eigenvalue weighted by molar-refractivity contribution is 6.30. The molecule has 0 aliphatic carbocycles. The standard InChI is InChI=1S/C18H20ClN2.ClH/c1-2-3-12-20-14-21(18-7-5-4-6-17(18)20)13-15-8-10-16(19)11-9-15;/h4-11,14H,2-3,12-13H2,1H3;1H/q+1;/p-1. The molecule has 0 unspecified atom stereocenters. The topological polar surface area (TPSA) is 8.81 Å². The Morgan fingerprint density at radius 1 is 1.05 bits per heavy atom. The summed E-state index contributed by atoms with van der Waals surface area (Å²) in [5.74, 6) is 0. The van der Waals surface area contributed by atoms with Gasteiger partial charge >= 0.3 is 0 Å². The smallest absolute Gasteiger partial charge is 0.245 e. The number of aryl methyl sites for hydroxylation is 1. The second-order valence-corrected chi connectivity index (χ2v) is 5.84. The van der Waals surface area contributed by atoms with Crippen molar-refractivity contribution in [3.8, 4) is 0 Å². The third-order valence-corrected chi connectivity index (χ3v) is 4.05. The van der Waals surface area contributed by atoms with Crippen LogP contribution in [-0.4, -0.2) is 4.57 Å². The number of aromatic nitrogens is 2. The summed E-state index contributed by atoms with van der Waals surface area (Å²) < 4.78 is 4.67. The number of hydrogen-bond donors (Lipinski definition) is 0. The van der Waals surface area contributed by atoms with Crippen molar-refractivity contribution in [3.63, 3.8) is 0 Å². The minimum Gasteiger partial charge on any atom is -1.00 e. The maximum absolute atomic E-state index is 5.96. The Kier molecular flexibility index (Phi) is 5.87. The van der Waals surface area contributed by atoms with E-state index in [2.05, 4.69) is 58.8 Å². The van der Waals surface area contributed by atoms with Gasteiger partial charge in [0.2, 0.25) is 6.33 Å². The van der Waals surface area contributed by atoms with Crippen LogP contribution in [0.15, 0.2) is 54.9 Å². The van der Waals surface area contributed by atoms with E-state index in [1.54, 1.807) is 0 Å². The van der Waals surface area contributed by atoms with Gasteiger partial charge in [-0.15, -0.1) is 0 Å². The van der Waals surface area contributed by atoms with Crippen LogP contribution in [0.25, 0.3) is 11.0 Å². The summed E-state index contributed by atoms with van der Waals surface area (Å²) in [5, 5.41) is 0.786. The van der Waals surface area contributed by atoms with E-state index in [1.807, 2.05) is 12.1 Å². The van der Waals surface area contributed by atoms with E-state index in [-0.39, 0.29) is 12.4 Å². The molecule has 116 valence electrons. The zero-order valence-electron chi connectivity index (χ0n) is 12.7. The summed E-state index contributed by atoms with van der Waals surface area (Å²) in [5.41, 5.74) is 3.85. The minimum absolute atomic E-state index is 0. The number of halogens is 2. The Bertz CT molecular complexity index is 732. The zero-order chi connectivity index (χ0) is 14.7. The molecule has 22 heavy (non-hydrogen) atoms. The minimum atomic E-state index is 0. The van der Waals surface area contributed by atoms with Crippen LogP contribution in [0, 0.1) is 0 Å². The van der Waals surface area contributed by atoms with Crippen LogP contribution in [-0.2, 0) is 13.1 Å². The molecule has 0 radical (unpaired) electrons. The molecule has 3 rings (SSSR count). The number of imidazole rings is 1. The monoisotopic (exact) mass is 334 g/mol. The Morgan fingerprint density at radius 2 is 1.77 bits per heavy atom. The van der Waals surface area contributed by atoms with Crippen LogP contribution < -0.4 is 17.0 Å². The maximum atomic E-state index is 5.96. The molecule has 0 aliphatic heterocycles. The molecule has 0 bridgehead atoms. The highest BCUT2D eigenvalue weighted by Gasteiger charge is 2.14. The fourth-order valence-electron chi connectivity index (χ4n) is 2.66. The van der Waals surface area contributed by atoms with Gasteiger partial charge in [-0.05, 0) is 36.2 Å². The molecule has 1 aromatic heterocycles. The average molecular weight is 335 g/mol. The number of benzene rings is 2. The molecule has 4 heteroatoms. The molecule has 0 N–H and O–H groups in total. The van der Waals surface area contributed by atoms with Gasteiger partial charge in [-0.2, -0.15) is 0 Å². The molecular weight excluding hydrogens is 315 g/mol. The van der Waals surface area contributed by atoms with Gasteiger partial charge in [-0.25, -0.2) is 9.13 Å². The molecule has 1 heterocycles. The quantitative estimate of drug-likeness (QED) is 0.624. The third-order valence-electron chi connectivity index (χ3n) is 3.80. The highest BCUT2D eigenvalue weighted by atomic mass is 35.5. The molecule has 2 nitrogen and oxygen atoms in total. The van der Waals surface area contributed by atoms with Gasteiger partial charge in [0.05, 0.1) is 6.54 Å². The fraction of sp³-hybridized carbons (Fsp3) is 0.278. The third kappa shape index (κ3) is 3.63. The van der Waals surface area contributed by atoms with E-state index in [4.69, 9.17) is 11.6 Å². The predicted octanol–water partition coefficient (Wildman–Crippen LogP) is 1.43. The lowest BCUT2D eigenvalue weighted by molar-refractivity contribution is -0.663. The van der Waals surface area contributed by atoms with Crippen LogP contribution in [0.1, 0.15) is 25.3 Å². The van der Waals surface area contributed by atoms with Crippen molar-refractivity contribution in [1.29, 1.82) is 0 Å². The Labute approximate surface area is 142 Å². The van der Waals surface area contributed by atoms with E-state index in [1.165, 1.54) is 29.4 Å². The number of hydrogen-bond acceptors (Lipinski definition) is 0. The molecule has 0 saturated carbocycles. The van der Waals surface area contributed by atoms with Gasteiger partial charge in [-0.1, -0.05) is 49.2 Å². The van der Waals surface area contributed by atoms with Gasteiger partial charge in [-0.3, -0.25) is 0 Å². The summed E-state index contributed by atoms with van der Waals surface area (Å²) in [4.78, 5) is 0. The van der Waals surface area contributed by atoms with Crippen LogP contribution in [0.5, 0.6) is 0 Å². The lowest BCUT2D eigenvalue weighted by atomic mass is 10.2. The highest BCUT2D eigenvalue weighted by Crippen LogP contribution is 2.14. The second-order valence-electron chi connectivity index (χ2n) is 5.41. The molecule has 0 fully saturated rings. The summed E-state index contributed by atoms with van der Waals surface area (Å²) in [6.45, 7) is 4.18. The summed E-state index contributed by atoms with van der Waals surface area (Å²) in [7, 11) is 0. The number of rotatable bonds is 5. The van der Waals surface area contributed by atoms with Gasteiger partial charge in [0.1, 0.15) is 6.54 Å². The van der Waals surface area contributed by atoms with Gasteiger partial charge in [0, 0.05) is 5.02 Å². The summed E-state index contributed by atoms with van der Waals surface area (Å²) >= 11 is 5.96. The Morgan fingerprint density at radius 3 is 2.50 bits per heavy atom. The first-order valence-corrected chi connectivity index (χ1v) is 7.87. The van der Waals surface area contributed by atoms with Gasteiger partial charge in [0.15, 0.2) is 11.0 Å². The van der Waals surface area contributed by atoms with Gasteiger partial charge < -0.3 is 12.4 Å². The normalized spacial score (nSPS) is 10.6. The summed E-state index contributed by atoms with van der Waals surface area (Å²) in [6, 6.07) is 16.7. The van der Waals surface area contributed by atoms with E-state index in [9.17, 15) is 0 Å². The SMILES string of the molecule is CCCCn1c[n+](Cc2ccc(Cl)cc2)c2ccccc21.[Cl-]. The number of unbranched alkanes of at least 4 members (excludes halogenated alkanes) is 1.